The van der Waals surface area contributed by atoms with Gasteiger partial charge < -0.3 is 10.5 Å². The van der Waals surface area contributed by atoms with Crippen molar-refractivity contribution in [2.45, 2.75) is 43.7 Å². The van der Waals surface area contributed by atoms with Gasteiger partial charge in [0.1, 0.15) is 5.75 Å². The van der Waals surface area contributed by atoms with Gasteiger partial charge in [-0.1, -0.05) is 13.0 Å². The van der Waals surface area contributed by atoms with Crippen LogP contribution in [0.15, 0.2) is 12.1 Å². The molecule has 0 aromatic heterocycles. The van der Waals surface area contributed by atoms with Gasteiger partial charge >= 0.3 is 0 Å². The van der Waals surface area contributed by atoms with E-state index in [4.69, 9.17) is 10.5 Å². The van der Waals surface area contributed by atoms with Crippen LogP contribution in [0.25, 0.3) is 0 Å². The van der Waals surface area contributed by atoms with E-state index in [1.54, 1.807) is 7.11 Å². The Bertz CT molecular complexity index is 464. The van der Waals surface area contributed by atoms with Gasteiger partial charge in [0.05, 0.1) is 7.11 Å². The predicted molar refractivity (Wildman–Crippen MR) is 92.2 cm³/mol. The highest BCUT2D eigenvalue weighted by Crippen LogP contribution is 2.40. The second-order valence-corrected chi connectivity index (χ2v) is 7.99. The summed E-state index contributed by atoms with van der Waals surface area (Å²) >= 11 is 4.13. The lowest BCUT2D eigenvalue weighted by molar-refractivity contribution is 0.411. The number of aryl methyl sites for hydroxylation is 2. The first-order valence-electron chi connectivity index (χ1n) is 7.22. The summed E-state index contributed by atoms with van der Waals surface area (Å²) in [5.41, 5.74) is 10.3. The van der Waals surface area contributed by atoms with E-state index in [1.165, 1.54) is 34.6 Å². The van der Waals surface area contributed by atoms with Crippen molar-refractivity contribution < 1.29 is 4.74 Å². The zero-order valence-corrected chi connectivity index (χ0v) is 14.4. The minimum absolute atomic E-state index is 0.113. The molecule has 1 saturated heterocycles. The maximum Gasteiger partial charge on any atom is 0.122 e. The summed E-state index contributed by atoms with van der Waals surface area (Å²) in [6.45, 7) is 6.50. The molecule has 20 heavy (non-hydrogen) atoms. The molecular formula is C16H25NOS2. The average Bonchev–Trinajstić information content (AvgIpc) is 2.48. The van der Waals surface area contributed by atoms with Crippen LogP contribution in [0.3, 0.4) is 0 Å². The lowest BCUT2D eigenvalue weighted by atomic mass is 9.95. The van der Waals surface area contributed by atoms with Crippen LogP contribution < -0.4 is 10.5 Å². The molecule has 2 nitrogen and oxygen atoms in total. The Hall–Kier alpha value is -0.320. The zero-order valence-electron chi connectivity index (χ0n) is 12.8. The number of ether oxygens (including phenoxy) is 1. The molecule has 0 radical (unpaired) electrons. The molecule has 0 saturated carbocycles. The average molecular weight is 312 g/mol. The first-order chi connectivity index (χ1) is 9.58. The van der Waals surface area contributed by atoms with Crippen LogP contribution in [0.5, 0.6) is 5.75 Å². The van der Waals surface area contributed by atoms with Crippen LogP contribution in [-0.4, -0.2) is 29.1 Å². The fourth-order valence-corrected chi connectivity index (χ4v) is 6.01. The molecule has 112 valence electrons. The minimum Gasteiger partial charge on any atom is -0.496 e. The Labute approximate surface area is 131 Å². The second kappa shape index (κ2) is 7.10. The van der Waals surface area contributed by atoms with E-state index in [0.717, 1.165) is 5.75 Å². The maximum atomic E-state index is 6.62. The summed E-state index contributed by atoms with van der Waals surface area (Å²) in [4.78, 5) is 0. The van der Waals surface area contributed by atoms with Gasteiger partial charge in [-0.2, -0.15) is 23.5 Å². The Balaban J connectivity index is 2.28. The third-order valence-corrected chi connectivity index (χ3v) is 7.36. The molecule has 0 amide bonds. The highest BCUT2D eigenvalue weighted by molar-refractivity contribution is 8.07. The van der Waals surface area contributed by atoms with Gasteiger partial charge in [0, 0.05) is 28.0 Å². The summed E-state index contributed by atoms with van der Waals surface area (Å²) < 4.78 is 5.40. The van der Waals surface area contributed by atoms with E-state index in [-0.39, 0.29) is 6.04 Å². The molecule has 1 heterocycles. The molecular weight excluding hydrogens is 286 g/mol. The van der Waals surface area contributed by atoms with Gasteiger partial charge in [0.2, 0.25) is 0 Å². The summed E-state index contributed by atoms with van der Waals surface area (Å²) in [6.07, 6.45) is 1.20. The smallest absolute Gasteiger partial charge is 0.122 e. The number of rotatable bonds is 4. The van der Waals surface area contributed by atoms with E-state index in [0.29, 0.717) is 10.5 Å². The fraction of sp³-hybridized carbons (Fsp3) is 0.625. The fourth-order valence-electron chi connectivity index (χ4n) is 2.84. The Morgan fingerprint density at radius 1 is 1.25 bits per heavy atom. The van der Waals surface area contributed by atoms with Gasteiger partial charge in [-0.3, -0.25) is 0 Å². The molecule has 0 aliphatic carbocycles. The van der Waals surface area contributed by atoms with E-state index in [1.807, 2.05) is 11.8 Å². The molecule has 0 spiro atoms. The Morgan fingerprint density at radius 3 is 2.60 bits per heavy atom. The van der Waals surface area contributed by atoms with Crippen LogP contribution in [0.1, 0.15) is 36.1 Å². The van der Waals surface area contributed by atoms with Gasteiger partial charge in [-0.25, -0.2) is 0 Å². The predicted octanol–water partition coefficient (Wildman–Crippen LogP) is 3.94. The highest BCUT2D eigenvalue weighted by Gasteiger charge is 2.31. The van der Waals surface area contributed by atoms with E-state index in [2.05, 4.69) is 44.7 Å². The Morgan fingerprint density at radius 2 is 1.95 bits per heavy atom. The van der Waals surface area contributed by atoms with Crippen LogP contribution >= 0.6 is 23.5 Å². The van der Waals surface area contributed by atoms with Crippen LogP contribution in [0.2, 0.25) is 0 Å². The van der Waals surface area contributed by atoms with Gasteiger partial charge in [-0.05, 0) is 43.0 Å². The van der Waals surface area contributed by atoms with Crippen molar-refractivity contribution in [2.75, 3.05) is 18.6 Å². The van der Waals surface area contributed by atoms with Crippen molar-refractivity contribution in [3.05, 3.63) is 28.8 Å². The number of methoxy groups -OCH3 is 1. The van der Waals surface area contributed by atoms with E-state index >= 15 is 0 Å². The van der Waals surface area contributed by atoms with Crippen molar-refractivity contribution in [1.29, 1.82) is 0 Å². The van der Waals surface area contributed by atoms with Gasteiger partial charge in [-0.15, -0.1) is 0 Å². The van der Waals surface area contributed by atoms with Gasteiger partial charge in [0.15, 0.2) is 0 Å². The molecule has 1 aromatic carbocycles. The monoisotopic (exact) mass is 311 g/mol. The molecule has 3 atom stereocenters. The third kappa shape index (κ3) is 3.29. The first kappa shape index (κ1) is 16.1. The molecule has 0 bridgehead atoms. The number of nitrogens with two attached hydrogens (primary N) is 1. The largest absolute Gasteiger partial charge is 0.496 e. The highest BCUT2D eigenvalue weighted by atomic mass is 32.2. The van der Waals surface area contributed by atoms with Crippen LogP contribution in [-0.2, 0) is 0 Å². The van der Waals surface area contributed by atoms with Crippen molar-refractivity contribution >= 4 is 23.5 Å². The summed E-state index contributed by atoms with van der Waals surface area (Å²) in [5.74, 6) is 3.43. The molecule has 1 fully saturated rings. The Kier molecular flexibility index (Phi) is 5.70. The second-order valence-electron chi connectivity index (χ2n) is 5.36. The summed E-state index contributed by atoms with van der Waals surface area (Å²) in [7, 11) is 1.72. The SMILES string of the molecule is CCC1SCCSC1C(N)c1cc(C)c(OC)cc1C. The van der Waals surface area contributed by atoms with Crippen molar-refractivity contribution in [2.24, 2.45) is 5.73 Å². The lowest BCUT2D eigenvalue weighted by Crippen LogP contribution is -2.36. The quantitative estimate of drug-likeness (QED) is 0.913. The number of benzene rings is 1. The van der Waals surface area contributed by atoms with Gasteiger partial charge in [0.25, 0.3) is 0 Å². The van der Waals surface area contributed by atoms with E-state index < -0.39 is 0 Å². The maximum absolute atomic E-state index is 6.62. The number of hydrogen-bond acceptors (Lipinski definition) is 4. The molecule has 2 N–H and O–H groups in total. The van der Waals surface area contributed by atoms with Crippen LogP contribution in [0.4, 0.5) is 0 Å². The molecule has 1 aliphatic rings. The van der Waals surface area contributed by atoms with Crippen LogP contribution in [0, 0.1) is 13.8 Å². The molecule has 2 rings (SSSR count). The normalized spacial score (nSPS) is 24.4. The number of thioether (sulfide) groups is 2. The standard InChI is InChI=1S/C16H25NOS2/c1-5-14-16(20-7-6-19-14)15(17)12-8-11(3)13(18-4)9-10(12)2/h8-9,14-16H,5-7,17H2,1-4H3. The molecule has 3 unspecified atom stereocenters. The minimum atomic E-state index is 0.113. The first-order valence-corrected chi connectivity index (χ1v) is 9.32. The molecule has 4 heteroatoms. The summed E-state index contributed by atoms with van der Waals surface area (Å²) in [6, 6.07) is 4.44. The molecule has 1 aliphatic heterocycles. The van der Waals surface area contributed by atoms with Crippen molar-refractivity contribution in [3.8, 4) is 5.75 Å². The van der Waals surface area contributed by atoms with E-state index in [9.17, 15) is 0 Å². The van der Waals surface area contributed by atoms with Crippen molar-refractivity contribution in [1.82, 2.24) is 0 Å². The zero-order chi connectivity index (χ0) is 14.7. The summed E-state index contributed by atoms with van der Waals surface area (Å²) in [5, 5.41) is 1.19. The molecule has 1 aromatic rings. The lowest BCUT2D eigenvalue weighted by Gasteiger charge is -2.35. The van der Waals surface area contributed by atoms with Crippen molar-refractivity contribution in [3.63, 3.8) is 0 Å². The third-order valence-electron chi connectivity index (χ3n) is 3.99. The number of hydrogen-bond donors (Lipinski definition) is 1. The topological polar surface area (TPSA) is 35.2 Å².